The maximum atomic E-state index is 13.0. The summed E-state index contributed by atoms with van der Waals surface area (Å²) in [6, 6.07) is 5.62. The third-order valence-electron chi connectivity index (χ3n) is 4.05. The Morgan fingerprint density at radius 1 is 1.15 bits per heavy atom. The van der Waals surface area contributed by atoms with Crippen LogP contribution >= 0.6 is 11.3 Å². The molecule has 1 saturated heterocycles. The van der Waals surface area contributed by atoms with Gasteiger partial charge in [-0.2, -0.15) is 0 Å². The molecule has 1 aromatic carbocycles. The highest BCUT2D eigenvalue weighted by Crippen LogP contribution is 2.36. The fourth-order valence-electron chi connectivity index (χ4n) is 2.64. The van der Waals surface area contributed by atoms with Crippen LogP contribution < -0.4 is 5.32 Å². The Labute approximate surface area is 162 Å². The van der Waals surface area contributed by atoms with Crippen LogP contribution in [0.15, 0.2) is 38.5 Å². The molecule has 1 aromatic heterocycles. The van der Waals surface area contributed by atoms with E-state index < -0.39 is 40.6 Å². The standard InChI is InChI=1S/C15H18N2O6S4/c1-10-3-5-12(6-4-10)27(22,23)14-13(24-15(17-14)25(2,18)19)16-11-7-8-26(20,21)9-11/h3-6,11,16H,7-9H2,1-2H3. The Balaban J connectivity index is 2.08. The number of nitrogens with one attached hydrogen (secondary N) is 1. The Morgan fingerprint density at radius 2 is 1.78 bits per heavy atom. The van der Waals surface area contributed by atoms with Crippen LogP contribution in [0.2, 0.25) is 0 Å². The molecule has 1 unspecified atom stereocenters. The smallest absolute Gasteiger partial charge is 0.226 e. The lowest BCUT2D eigenvalue weighted by molar-refractivity contribution is 0.590. The van der Waals surface area contributed by atoms with Gasteiger partial charge in [0.2, 0.25) is 24.0 Å². The largest absolute Gasteiger partial charge is 0.371 e. The Morgan fingerprint density at radius 3 is 2.30 bits per heavy atom. The van der Waals surface area contributed by atoms with E-state index in [0.717, 1.165) is 11.8 Å². The van der Waals surface area contributed by atoms with Gasteiger partial charge in [-0.05, 0) is 25.5 Å². The number of thiazole rings is 1. The summed E-state index contributed by atoms with van der Waals surface area (Å²) in [7, 11) is -11.0. The number of hydrogen-bond donors (Lipinski definition) is 1. The van der Waals surface area contributed by atoms with Crippen molar-refractivity contribution in [3.8, 4) is 0 Å². The summed E-state index contributed by atoms with van der Waals surface area (Å²) in [5, 5.41) is 2.52. The predicted molar refractivity (Wildman–Crippen MR) is 103 cm³/mol. The van der Waals surface area contributed by atoms with Crippen molar-refractivity contribution in [2.45, 2.75) is 33.6 Å². The maximum absolute atomic E-state index is 13.0. The van der Waals surface area contributed by atoms with Crippen molar-refractivity contribution in [1.29, 1.82) is 0 Å². The Bertz CT molecular complexity index is 1180. The number of hydrogen-bond acceptors (Lipinski definition) is 9. The SMILES string of the molecule is Cc1ccc(S(=O)(=O)c2nc(S(C)(=O)=O)sc2NC2CCS(=O)(=O)C2)cc1. The van der Waals surface area contributed by atoms with E-state index in [0.29, 0.717) is 17.8 Å². The second-order valence-electron chi connectivity index (χ2n) is 6.45. The van der Waals surface area contributed by atoms with Gasteiger partial charge in [0.15, 0.2) is 14.9 Å². The fourth-order valence-corrected chi connectivity index (χ4v) is 7.90. The van der Waals surface area contributed by atoms with Crippen LogP contribution in [-0.2, 0) is 29.5 Å². The minimum Gasteiger partial charge on any atom is -0.371 e. The molecular weight excluding hydrogens is 432 g/mol. The number of rotatable bonds is 5. The van der Waals surface area contributed by atoms with Gasteiger partial charge in [0, 0.05) is 12.3 Å². The second-order valence-corrected chi connectivity index (χ2v) is 13.7. The highest BCUT2D eigenvalue weighted by molar-refractivity contribution is 7.93. The fraction of sp³-hybridized carbons (Fsp3) is 0.400. The summed E-state index contributed by atoms with van der Waals surface area (Å²) in [4.78, 5) is 3.85. The van der Waals surface area contributed by atoms with Crippen molar-refractivity contribution in [3.05, 3.63) is 29.8 Å². The molecule has 1 fully saturated rings. The van der Waals surface area contributed by atoms with Gasteiger partial charge in [-0.1, -0.05) is 29.0 Å². The molecule has 0 saturated carbocycles. The Hall–Kier alpha value is -1.50. The van der Waals surface area contributed by atoms with Crippen LogP contribution in [-0.4, -0.2) is 54.0 Å². The number of aromatic nitrogens is 1. The summed E-state index contributed by atoms with van der Waals surface area (Å²) in [6.07, 6.45) is 1.26. The van der Waals surface area contributed by atoms with E-state index in [1.807, 2.05) is 6.92 Å². The highest BCUT2D eigenvalue weighted by Gasteiger charge is 2.33. The average molecular weight is 451 g/mol. The zero-order chi connectivity index (χ0) is 20.0. The second kappa shape index (κ2) is 6.83. The van der Waals surface area contributed by atoms with Crippen molar-refractivity contribution in [3.63, 3.8) is 0 Å². The van der Waals surface area contributed by atoms with E-state index in [4.69, 9.17) is 0 Å². The minimum absolute atomic E-state index is 0.00243. The highest BCUT2D eigenvalue weighted by atomic mass is 32.2. The van der Waals surface area contributed by atoms with Crippen LogP contribution in [0.25, 0.3) is 0 Å². The summed E-state index contributed by atoms with van der Waals surface area (Å²) in [6.45, 7) is 1.81. The zero-order valence-corrected chi connectivity index (χ0v) is 17.8. The normalized spacial score (nSPS) is 19.9. The van der Waals surface area contributed by atoms with E-state index in [1.54, 1.807) is 12.1 Å². The molecule has 148 valence electrons. The van der Waals surface area contributed by atoms with Crippen LogP contribution in [0.1, 0.15) is 12.0 Å². The van der Waals surface area contributed by atoms with Crippen LogP contribution in [0, 0.1) is 6.92 Å². The molecule has 0 amide bonds. The Kier molecular flexibility index (Phi) is 5.12. The lowest BCUT2D eigenvalue weighted by atomic mass is 10.2. The first-order valence-corrected chi connectivity index (χ1v) is 13.9. The lowest BCUT2D eigenvalue weighted by Crippen LogP contribution is -2.21. The van der Waals surface area contributed by atoms with E-state index in [2.05, 4.69) is 10.3 Å². The van der Waals surface area contributed by atoms with Crippen molar-refractivity contribution in [1.82, 2.24) is 4.98 Å². The number of sulfone groups is 3. The first-order valence-electron chi connectivity index (χ1n) is 7.88. The summed E-state index contributed by atoms with van der Waals surface area (Å²) >= 11 is 0.694. The molecule has 1 aliphatic heterocycles. The zero-order valence-electron chi connectivity index (χ0n) is 14.5. The minimum atomic E-state index is -4.07. The van der Waals surface area contributed by atoms with Gasteiger partial charge in [0.05, 0.1) is 16.4 Å². The molecule has 27 heavy (non-hydrogen) atoms. The van der Waals surface area contributed by atoms with Crippen molar-refractivity contribution < 1.29 is 25.3 Å². The number of benzene rings is 1. The molecule has 1 N–H and O–H groups in total. The van der Waals surface area contributed by atoms with E-state index in [-0.39, 0.29) is 25.7 Å². The van der Waals surface area contributed by atoms with Crippen LogP contribution in [0.3, 0.4) is 0 Å². The van der Waals surface area contributed by atoms with Gasteiger partial charge in [0.1, 0.15) is 5.00 Å². The van der Waals surface area contributed by atoms with Gasteiger partial charge < -0.3 is 5.32 Å². The van der Waals surface area contributed by atoms with Gasteiger partial charge in [-0.3, -0.25) is 0 Å². The van der Waals surface area contributed by atoms with Crippen LogP contribution in [0.4, 0.5) is 5.00 Å². The van der Waals surface area contributed by atoms with Crippen molar-refractivity contribution in [2.24, 2.45) is 0 Å². The maximum Gasteiger partial charge on any atom is 0.226 e. The van der Waals surface area contributed by atoms with E-state index >= 15 is 0 Å². The molecule has 2 heterocycles. The average Bonchev–Trinajstić information content (AvgIpc) is 3.11. The molecule has 12 heteroatoms. The first-order chi connectivity index (χ1) is 12.4. The van der Waals surface area contributed by atoms with Gasteiger partial charge in [-0.25, -0.2) is 30.2 Å². The van der Waals surface area contributed by atoms with Gasteiger partial charge in [-0.15, -0.1) is 0 Å². The molecule has 0 radical (unpaired) electrons. The molecule has 0 aliphatic carbocycles. The molecule has 0 bridgehead atoms. The summed E-state index contributed by atoms with van der Waals surface area (Å²) in [5.41, 5.74) is 0.874. The van der Waals surface area contributed by atoms with Crippen molar-refractivity contribution >= 4 is 45.8 Å². The predicted octanol–water partition coefficient (Wildman–Crippen LogP) is 1.29. The van der Waals surface area contributed by atoms with Gasteiger partial charge >= 0.3 is 0 Å². The number of aryl methyl sites for hydroxylation is 1. The monoisotopic (exact) mass is 450 g/mol. The quantitative estimate of drug-likeness (QED) is 0.722. The molecule has 1 atom stereocenters. The summed E-state index contributed by atoms with van der Waals surface area (Å²) in [5.74, 6) is -0.133. The topological polar surface area (TPSA) is 127 Å². The number of anilines is 1. The summed E-state index contributed by atoms with van der Waals surface area (Å²) < 4.78 is 72.7. The third-order valence-corrected chi connectivity index (χ3v) is 10.3. The lowest BCUT2D eigenvalue weighted by Gasteiger charge is -2.12. The molecular formula is C15H18N2O6S4. The molecule has 2 aromatic rings. The first kappa shape index (κ1) is 20.2. The number of nitrogens with zero attached hydrogens (tertiary/aromatic N) is 1. The molecule has 0 spiro atoms. The molecule has 1 aliphatic rings. The molecule has 8 nitrogen and oxygen atoms in total. The molecule has 3 rings (SSSR count). The third kappa shape index (κ3) is 4.33. The van der Waals surface area contributed by atoms with Crippen LogP contribution in [0.5, 0.6) is 0 Å². The van der Waals surface area contributed by atoms with Crippen molar-refractivity contribution in [2.75, 3.05) is 23.1 Å². The van der Waals surface area contributed by atoms with E-state index in [1.165, 1.54) is 12.1 Å². The van der Waals surface area contributed by atoms with Gasteiger partial charge in [0.25, 0.3) is 0 Å². The van der Waals surface area contributed by atoms with E-state index in [9.17, 15) is 25.3 Å².